The smallest absolute Gasteiger partial charge is 0.0289 e. The minimum atomic E-state index is 0.866. The molecule has 0 saturated heterocycles. The van der Waals surface area contributed by atoms with Crippen molar-refractivity contribution in [3.8, 4) is 0 Å². The first kappa shape index (κ1) is 11.8. The second kappa shape index (κ2) is 5.58. The van der Waals surface area contributed by atoms with Crippen LogP contribution in [0.3, 0.4) is 0 Å². The zero-order valence-electron chi connectivity index (χ0n) is 10.2. The third-order valence-corrected chi connectivity index (χ3v) is 3.70. The van der Waals surface area contributed by atoms with E-state index < -0.39 is 0 Å². The zero-order chi connectivity index (χ0) is 10.6. The lowest BCUT2D eigenvalue weighted by atomic mass is 9.67. The summed E-state index contributed by atoms with van der Waals surface area (Å²) in [6, 6.07) is 0. The summed E-state index contributed by atoms with van der Waals surface area (Å²) in [7, 11) is 0. The first-order chi connectivity index (χ1) is 6.65. The van der Waals surface area contributed by atoms with E-state index in [9.17, 15) is 0 Å². The minimum Gasteiger partial charge on any atom is -0.0998 e. The molecule has 1 rings (SSSR count). The van der Waals surface area contributed by atoms with E-state index in [1.54, 1.807) is 0 Å². The van der Waals surface area contributed by atoms with E-state index in [0.717, 1.165) is 17.8 Å². The molecule has 0 radical (unpaired) electrons. The molecule has 0 nitrogen and oxygen atoms in total. The summed E-state index contributed by atoms with van der Waals surface area (Å²) in [6.45, 7) is 11.1. The van der Waals surface area contributed by atoms with Crippen molar-refractivity contribution < 1.29 is 0 Å². The van der Waals surface area contributed by atoms with Crippen molar-refractivity contribution >= 4 is 0 Å². The van der Waals surface area contributed by atoms with Crippen LogP contribution in [-0.2, 0) is 0 Å². The lowest BCUT2D eigenvalue weighted by Crippen LogP contribution is -2.27. The van der Waals surface area contributed by atoms with Gasteiger partial charge in [0.1, 0.15) is 0 Å². The SMILES string of the molecule is C=C1CC(C(CCCCC)C(C)C)C1. The Hall–Kier alpha value is -0.260. The highest BCUT2D eigenvalue weighted by molar-refractivity contribution is 5.09. The number of rotatable bonds is 6. The molecule has 0 amide bonds. The van der Waals surface area contributed by atoms with Gasteiger partial charge in [-0.25, -0.2) is 0 Å². The van der Waals surface area contributed by atoms with Crippen molar-refractivity contribution in [2.75, 3.05) is 0 Å². The average molecular weight is 194 g/mol. The van der Waals surface area contributed by atoms with Crippen LogP contribution in [0.25, 0.3) is 0 Å². The Labute approximate surface area is 89.8 Å². The van der Waals surface area contributed by atoms with Crippen LogP contribution >= 0.6 is 0 Å². The molecule has 1 saturated carbocycles. The van der Waals surface area contributed by atoms with E-state index in [1.165, 1.54) is 44.1 Å². The molecule has 82 valence electrons. The van der Waals surface area contributed by atoms with E-state index in [0.29, 0.717) is 0 Å². The van der Waals surface area contributed by atoms with Gasteiger partial charge < -0.3 is 0 Å². The van der Waals surface area contributed by atoms with Crippen LogP contribution in [0.4, 0.5) is 0 Å². The Morgan fingerprint density at radius 2 is 1.93 bits per heavy atom. The molecule has 1 atom stereocenters. The fourth-order valence-corrected chi connectivity index (χ4v) is 2.73. The van der Waals surface area contributed by atoms with E-state index >= 15 is 0 Å². The molecule has 0 heteroatoms. The molecule has 14 heavy (non-hydrogen) atoms. The van der Waals surface area contributed by atoms with Crippen LogP contribution < -0.4 is 0 Å². The van der Waals surface area contributed by atoms with Gasteiger partial charge >= 0.3 is 0 Å². The lowest BCUT2D eigenvalue weighted by Gasteiger charge is -2.38. The highest BCUT2D eigenvalue weighted by atomic mass is 14.4. The third kappa shape index (κ3) is 3.15. The Morgan fingerprint density at radius 3 is 2.36 bits per heavy atom. The van der Waals surface area contributed by atoms with E-state index in [4.69, 9.17) is 0 Å². The average Bonchev–Trinajstić information content (AvgIpc) is 2.08. The first-order valence-electron chi connectivity index (χ1n) is 6.31. The fraction of sp³-hybridized carbons (Fsp3) is 0.857. The van der Waals surface area contributed by atoms with Gasteiger partial charge in [-0.1, -0.05) is 52.2 Å². The molecule has 1 aliphatic rings. The normalized spacial score (nSPS) is 19.9. The van der Waals surface area contributed by atoms with E-state index in [2.05, 4.69) is 27.4 Å². The van der Waals surface area contributed by atoms with Gasteiger partial charge in [-0.2, -0.15) is 0 Å². The third-order valence-electron chi connectivity index (χ3n) is 3.70. The summed E-state index contributed by atoms with van der Waals surface area (Å²) >= 11 is 0. The molecule has 0 bridgehead atoms. The largest absolute Gasteiger partial charge is 0.0998 e. The summed E-state index contributed by atoms with van der Waals surface area (Å²) in [5, 5.41) is 0. The minimum absolute atomic E-state index is 0.866. The van der Waals surface area contributed by atoms with Crippen LogP contribution in [-0.4, -0.2) is 0 Å². The highest BCUT2D eigenvalue weighted by Crippen LogP contribution is 2.42. The molecule has 0 aromatic rings. The molecule has 0 spiro atoms. The zero-order valence-corrected chi connectivity index (χ0v) is 10.2. The Bertz CT molecular complexity index is 170. The van der Waals surface area contributed by atoms with Crippen LogP contribution in [0.15, 0.2) is 12.2 Å². The highest BCUT2D eigenvalue weighted by Gasteiger charge is 2.30. The van der Waals surface area contributed by atoms with Gasteiger partial charge in [-0.15, -0.1) is 0 Å². The number of hydrogen-bond donors (Lipinski definition) is 0. The van der Waals surface area contributed by atoms with Crippen molar-refractivity contribution in [3.63, 3.8) is 0 Å². The summed E-state index contributed by atoms with van der Waals surface area (Å²) in [5.74, 6) is 2.80. The lowest BCUT2D eigenvalue weighted by molar-refractivity contribution is 0.190. The quantitative estimate of drug-likeness (QED) is 0.420. The predicted octanol–water partition coefficient (Wildman–Crippen LogP) is 4.81. The van der Waals surface area contributed by atoms with Gasteiger partial charge in [0.2, 0.25) is 0 Å². The molecule has 0 heterocycles. The Balaban J connectivity index is 2.28. The molecule has 1 aliphatic carbocycles. The molecule has 0 aliphatic heterocycles. The molecule has 0 N–H and O–H groups in total. The van der Waals surface area contributed by atoms with E-state index in [1.807, 2.05) is 0 Å². The van der Waals surface area contributed by atoms with Crippen LogP contribution in [0.2, 0.25) is 0 Å². The molecule has 1 unspecified atom stereocenters. The first-order valence-corrected chi connectivity index (χ1v) is 6.31. The van der Waals surface area contributed by atoms with Gasteiger partial charge in [-0.05, 0) is 37.0 Å². The van der Waals surface area contributed by atoms with Gasteiger partial charge in [0, 0.05) is 0 Å². The number of hydrogen-bond acceptors (Lipinski definition) is 0. The molecule has 1 fully saturated rings. The Kier molecular flexibility index (Phi) is 4.71. The van der Waals surface area contributed by atoms with Crippen molar-refractivity contribution in [3.05, 3.63) is 12.2 Å². The maximum absolute atomic E-state index is 4.05. The Morgan fingerprint density at radius 1 is 1.29 bits per heavy atom. The standard InChI is InChI=1S/C14H26/c1-5-6-7-8-14(11(2)3)13-9-12(4)10-13/h11,13-14H,4-10H2,1-3H3. The molecule has 0 aromatic carbocycles. The summed E-state index contributed by atoms with van der Waals surface area (Å²) < 4.78 is 0. The predicted molar refractivity (Wildman–Crippen MR) is 64.3 cm³/mol. The van der Waals surface area contributed by atoms with Crippen molar-refractivity contribution in [1.82, 2.24) is 0 Å². The summed E-state index contributed by atoms with van der Waals surface area (Å²) in [6.07, 6.45) is 8.27. The van der Waals surface area contributed by atoms with Crippen LogP contribution in [0.1, 0.15) is 59.3 Å². The van der Waals surface area contributed by atoms with Crippen molar-refractivity contribution in [2.24, 2.45) is 17.8 Å². The van der Waals surface area contributed by atoms with Crippen molar-refractivity contribution in [2.45, 2.75) is 59.3 Å². The van der Waals surface area contributed by atoms with Crippen molar-refractivity contribution in [1.29, 1.82) is 0 Å². The van der Waals surface area contributed by atoms with Crippen LogP contribution in [0, 0.1) is 17.8 Å². The number of allylic oxidation sites excluding steroid dienone is 1. The van der Waals surface area contributed by atoms with Gasteiger partial charge in [0.25, 0.3) is 0 Å². The van der Waals surface area contributed by atoms with Gasteiger partial charge in [0.15, 0.2) is 0 Å². The molecule has 0 aromatic heterocycles. The number of unbranched alkanes of at least 4 members (excludes halogenated alkanes) is 2. The maximum atomic E-state index is 4.05. The molecular formula is C14H26. The summed E-state index contributed by atoms with van der Waals surface area (Å²) in [5.41, 5.74) is 1.48. The monoisotopic (exact) mass is 194 g/mol. The van der Waals surface area contributed by atoms with Crippen LogP contribution in [0.5, 0.6) is 0 Å². The van der Waals surface area contributed by atoms with E-state index in [-0.39, 0.29) is 0 Å². The fourth-order valence-electron chi connectivity index (χ4n) is 2.73. The second-order valence-corrected chi connectivity index (χ2v) is 5.32. The van der Waals surface area contributed by atoms with Gasteiger partial charge in [-0.3, -0.25) is 0 Å². The second-order valence-electron chi connectivity index (χ2n) is 5.32. The van der Waals surface area contributed by atoms with Gasteiger partial charge in [0.05, 0.1) is 0 Å². The topological polar surface area (TPSA) is 0 Å². The maximum Gasteiger partial charge on any atom is -0.0289 e. The summed E-state index contributed by atoms with van der Waals surface area (Å²) in [4.78, 5) is 0. The molecular weight excluding hydrogens is 168 g/mol.